The van der Waals surface area contributed by atoms with Gasteiger partial charge in [0.25, 0.3) is 0 Å². The average Bonchev–Trinajstić information content (AvgIpc) is 3.01. The highest BCUT2D eigenvalue weighted by Crippen LogP contribution is 2.40. The predicted octanol–water partition coefficient (Wildman–Crippen LogP) is 3.32. The summed E-state index contributed by atoms with van der Waals surface area (Å²) in [6.07, 6.45) is 1.69. The number of imide groups is 1. The van der Waals surface area contributed by atoms with Gasteiger partial charge in [-0.1, -0.05) is 56.3 Å². The SMILES string of the molecule is CC(C)(C)C1=NO[C@H](c2ccccc2)[C@H]1C(=O)N1CCCCC1=O. The van der Waals surface area contributed by atoms with E-state index in [2.05, 4.69) is 5.16 Å². The van der Waals surface area contributed by atoms with Crippen molar-refractivity contribution in [1.82, 2.24) is 4.90 Å². The highest BCUT2D eigenvalue weighted by atomic mass is 16.6. The van der Waals surface area contributed by atoms with E-state index >= 15 is 0 Å². The summed E-state index contributed by atoms with van der Waals surface area (Å²) in [5, 5.41) is 4.25. The molecule has 2 heterocycles. The van der Waals surface area contributed by atoms with E-state index in [1.165, 1.54) is 4.90 Å². The third kappa shape index (κ3) is 3.07. The zero-order valence-electron chi connectivity index (χ0n) is 14.5. The Balaban J connectivity index is 1.95. The van der Waals surface area contributed by atoms with Gasteiger partial charge in [0.05, 0.1) is 5.71 Å². The van der Waals surface area contributed by atoms with Crippen molar-refractivity contribution in [1.29, 1.82) is 0 Å². The zero-order chi connectivity index (χ0) is 17.3. The molecule has 2 amide bonds. The second-order valence-corrected chi connectivity index (χ2v) is 7.48. The van der Waals surface area contributed by atoms with Crippen molar-refractivity contribution in [2.45, 2.75) is 46.1 Å². The van der Waals surface area contributed by atoms with Gasteiger partial charge < -0.3 is 4.84 Å². The van der Waals surface area contributed by atoms with Crippen molar-refractivity contribution in [2.24, 2.45) is 16.5 Å². The highest BCUT2D eigenvalue weighted by Gasteiger charge is 2.47. The molecule has 128 valence electrons. The van der Waals surface area contributed by atoms with Crippen LogP contribution in [0.25, 0.3) is 0 Å². The summed E-state index contributed by atoms with van der Waals surface area (Å²) in [5.41, 5.74) is 1.31. The molecule has 0 unspecified atom stereocenters. The number of likely N-dealkylation sites (tertiary alicyclic amines) is 1. The molecule has 1 saturated heterocycles. The van der Waals surface area contributed by atoms with Crippen molar-refractivity contribution >= 4 is 17.5 Å². The van der Waals surface area contributed by atoms with Gasteiger partial charge in [0.1, 0.15) is 5.92 Å². The van der Waals surface area contributed by atoms with Crippen molar-refractivity contribution in [2.75, 3.05) is 6.54 Å². The fourth-order valence-electron chi connectivity index (χ4n) is 3.33. The van der Waals surface area contributed by atoms with Gasteiger partial charge in [0.15, 0.2) is 6.10 Å². The smallest absolute Gasteiger partial charge is 0.242 e. The molecule has 0 bridgehead atoms. The fraction of sp³-hybridized carbons (Fsp3) is 0.526. The molecule has 2 aliphatic rings. The predicted molar refractivity (Wildman–Crippen MR) is 91.2 cm³/mol. The van der Waals surface area contributed by atoms with Crippen LogP contribution in [0.4, 0.5) is 0 Å². The van der Waals surface area contributed by atoms with Crippen molar-refractivity contribution in [3.63, 3.8) is 0 Å². The second kappa shape index (κ2) is 6.38. The van der Waals surface area contributed by atoms with Crippen LogP contribution in [-0.2, 0) is 14.4 Å². The highest BCUT2D eigenvalue weighted by molar-refractivity contribution is 6.11. The first kappa shape index (κ1) is 16.7. The monoisotopic (exact) mass is 328 g/mol. The molecule has 0 radical (unpaired) electrons. The van der Waals surface area contributed by atoms with Gasteiger partial charge in [-0.3, -0.25) is 14.5 Å². The first-order valence-corrected chi connectivity index (χ1v) is 8.53. The summed E-state index contributed by atoms with van der Waals surface area (Å²) in [7, 11) is 0. The molecule has 3 rings (SSSR count). The molecule has 1 aromatic carbocycles. The molecule has 0 aromatic heterocycles. The Morgan fingerprint density at radius 3 is 2.54 bits per heavy atom. The number of rotatable bonds is 2. The molecule has 2 aliphatic heterocycles. The summed E-state index contributed by atoms with van der Waals surface area (Å²) in [5.74, 6) is -0.813. The number of piperidine rings is 1. The standard InChI is InChI=1S/C19H24N2O3/c1-19(2,3)17-15(18(23)21-12-8-7-11-14(21)22)16(24-20-17)13-9-5-4-6-10-13/h4-6,9-10,15-16H,7-8,11-12H2,1-3H3/t15-,16-/m1/s1. The normalized spacial score (nSPS) is 24.5. The van der Waals surface area contributed by atoms with E-state index in [1.807, 2.05) is 51.1 Å². The molecule has 5 heteroatoms. The fourth-order valence-corrected chi connectivity index (χ4v) is 3.33. The third-order valence-corrected chi connectivity index (χ3v) is 4.61. The molecule has 1 aromatic rings. The number of benzene rings is 1. The minimum absolute atomic E-state index is 0.0850. The third-order valence-electron chi connectivity index (χ3n) is 4.61. The summed E-state index contributed by atoms with van der Waals surface area (Å²) in [6.45, 7) is 6.54. The maximum absolute atomic E-state index is 13.2. The molecule has 5 nitrogen and oxygen atoms in total. The van der Waals surface area contributed by atoms with Gasteiger partial charge in [-0.2, -0.15) is 0 Å². The molecular weight excluding hydrogens is 304 g/mol. The molecule has 0 aliphatic carbocycles. The largest absolute Gasteiger partial charge is 0.386 e. The van der Waals surface area contributed by atoms with E-state index in [4.69, 9.17) is 4.84 Å². The molecule has 24 heavy (non-hydrogen) atoms. The van der Waals surface area contributed by atoms with Crippen LogP contribution in [0.2, 0.25) is 0 Å². The lowest BCUT2D eigenvalue weighted by Crippen LogP contribution is -2.48. The summed E-state index contributed by atoms with van der Waals surface area (Å²) in [4.78, 5) is 32.5. The first-order chi connectivity index (χ1) is 11.4. The van der Waals surface area contributed by atoms with Gasteiger partial charge in [0, 0.05) is 18.4 Å². The van der Waals surface area contributed by atoms with Gasteiger partial charge in [-0.25, -0.2) is 0 Å². The quantitative estimate of drug-likeness (QED) is 0.783. The van der Waals surface area contributed by atoms with Crippen LogP contribution in [0.1, 0.15) is 51.7 Å². The molecule has 2 atom stereocenters. The van der Waals surface area contributed by atoms with E-state index < -0.39 is 12.0 Å². The van der Waals surface area contributed by atoms with Crippen LogP contribution in [-0.4, -0.2) is 29.0 Å². The van der Waals surface area contributed by atoms with Crippen molar-refractivity contribution < 1.29 is 14.4 Å². The Morgan fingerprint density at radius 1 is 1.21 bits per heavy atom. The number of amides is 2. The van der Waals surface area contributed by atoms with Crippen LogP contribution in [0.15, 0.2) is 35.5 Å². The Labute approximate surface area is 142 Å². The molecule has 0 saturated carbocycles. The molecule has 0 N–H and O–H groups in total. The number of hydrogen-bond acceptors (Lipinski definition) is 4. The molecular formula is C19H24N2O3. The van der Waals surface area contributed by atoms with E-state index in [9.17, 15) is 9.59 Å². The molecule has 1 fully saturated rings. The minimum atomic E-state index is -0.547. The zero-order valence-corrected chi connectivity index (χ0v) is 14.5. The molecule has 0 spiro atoms. The average molecular weight is 328 g/mol. The Hall–Kier alpha value is -2.17. The maximum atomic E-state index is 13.2. The van der Waals surface area contributed by atoms with Gasteiger partial charge >= 0.3 is 0 Å². The van der Waals surface area contributed by atoms with Crippen molar-refractivity contribution in [3.05, 3.63) is 35.9 Å². The lowest BCUT2D eigenvalue weighted by molar-refractivity contribution is -0.149. The second-order valence-electron chi connectivity index (χ2n) is 7.48. The number of hydrogen-bond donors (Lipinski definition) is 0. The van der Waals surface area contributed by atoms with E-state index in [1.54, 1.807) is 0 Å². The van der Waals surface area contributed by atoms with E-state index in [0.717, 1.165) is 18.4 Å². The van der Waals surface area contributed by atoms with Crippen molar-refractivity contribution in [3.8, 4) is 0 Å². The van der Waals surface area contributed by atoms with Crippen LogP contribution < -0.4 is 0 Å². The van der Waals surface area contributed by atoms with Crippen LogP contribution in [0, 0.1) is 11.3 Å². The van der Waals surface area contributed by atoms with Crippen LogP contribution in [0.5, 0.6) is 0 Å². The van der Waals surface area contributed by atoms with Gasteiger partial charge in [-0.15, -0.1) is 0 Å². The Morgan fingerprint density at radius 2 is 1.92 bits per heavy atom. The first-order valence-electron chi connectivity index (χ1n) is 8.53. The number of carbonyl (C=O) groups is 2. The summed E-state index contributed by atoms with van der Waals surface area (Å²) < 4.78 is 0. The Kier molecular flexibility index (Phi) is 4.43. The van der Waals surface area contributed by atoms with Gasteiger partial charge in [0.2, 0.25) is 11.8 Å². The minimum Gasteiger partial charge on any atom is -0.386 e. The van der Waals surface area contributed by atoms with Gasteiger partial charge in [-0.05, 0) is 18.4 Å². The van der Waals surface area contributed by atoms with Crippen LogP contribution >= 0.6 is 0 Å². The van der Waals surface area contributed by atoms with E-state index in [-0.39, 0.29) is 17.2 Å². The lowest BCUT2D eigenvalue weighted by atomic mass is 9.78. The lowest BCUT2D eigenvalue weighted by Gasteiger charge is -2.31. The number of carbonyl (C=O) groups excluding carboxylic acids is 2. The topological polar surface area (TPSA) is 59.0 Å². The summed E-state index contributed by atoms with van der Waals surface area (Å²) in [6, 6.07) is 9.63. The van der Waals surface area contributed by atoms with E-state index in [0.29, 0.717) is 18.7 Å². The maximum Gasteiger partial charge on any atom is 0.242 e. The number of nitrogens with zero attached hydrogens (tertiary/aromatic N) is 2. The summed E-state index contributed by atoms with van der Waals surface area (Å²) >= 11 is 0. The van der Waals surface area contributed by atoms with Crippen LogP contribution in [0.3, 0.4) is 0 Å². The Bertz CT molecular complexity index is 661. The number of oxime groups is 1.